The van der Waals surface area contributed by atoms with Crippen molar-refractivity contribution in [2.45, 2.75) is 142 Å². The summed E-state index contributed by atoms with van der Waals surface area (Å²) in [6.45, 7) is 4.55. The summed E-state index contributed by atoms with van der Waals surface area (Å²) in [5, 5.41) is 0. The van der Waals surface area contributed by atoms with Crippen molar-refractivity contribution < 1.29 is 0 Å². The second-order valence-electron chi connectivity index (χ2n) is 9.80. The molecule has 0 fully saturated rings. The van der Waals surface area contributed by atoms with Crippen LogP contribution in [0.25, 0.3) is 0 Å². The number of unbranched alkanes of at least 4 members (excludes halogenated alkanes) is 16. The first-order valence-corrected chi connectivity index (χ1v) is 14.7. The fourth-order valence-corrected chi connectivity index (χ4v) is 4.33. The Bertz CT molecular complexity index is 568. The van der Waals surface area contributed by atoms with E-state index < -0.39 is 0 Å². The van der Waals surface area contributed by atoms with Crippen molar-refractivity contribution >= 4 is 0 Å². The Labute approximate surface area is 212 Å². The summed E-state index contributed by atoms with van der Waals surface area (Å²) >= 11 is 0. The van der Waals surface area contributed by atoms with Gasteiger partial charge in [-0.1, -0.05) is 129 Å². The van der Waals surface area contributed by atoms with Gasteiger partial charge in [-0.3, -0.25) is 9.97 Å². The van der Waals surface area contributed by atoms with Crippen LogP contribution in [0.2, 0.25) is 0 Å². The minimum Gasteiger partial charge on any atom is -0.261 e. The fourth-order valence-electron chi connectivity index (χ4n) is 4.33. The molecule has 0 amide bonds. The molecule has 0 aromatic carbocycles. The molecule has 0 N–H and O–H groups in total. The molecule has 0 unspecified atom stereocenters. The minimum absolute atomic E-state index is 1.15. The summed E-state index contributed by atoms with van der Waals surface area (Å²) in [5.41, 5.74) is 2.49. The molecule has 2 aromatic rings. The fraction of sp³-hybridized carbons (Fsp3) is 0.688. The van der Waals surface area contributed by atoms with E-state index in [1.54, 1.807) is 0 Å². The Morgan fingerprint density at radius 1 is 0.412 bits per heavy atom. The number of rotatable bonds is 20. The van der Waals surface area contributed by atoms with Gasteiger partial charge in [0.05, 0.1) is 0 Å². The number of aryl methyl sites for hydroxylation is 2. The molecule has 0 radical (unpaired) electrons. The summed E-state index contributed by atoms with van der Waals surface area (Å²) in [5.74, 6) is 0. The normalized spacial score (nSPS) is 10.6. The second-order valence-corrected chi connectivity index (χ2v) is 9.80. The van der Waals surface area contributed by atoms with Crippen LogP contribution in [0.3, 0.4) is 0 Å². The summed E-state index contributed by atoms with van der Waals surface area (Å²) in [6, 6.07) is 12.4. The van der Waals surface area contributed by atoms with Crippen molar-refractivity contribution in [2.75, 3.05) is 0 Å². The predicted molar refractivity (Wildman–Crippen MR) is 150 cm³/mol. The first-order chi connectivity index (χ1) is 16.9. The molecule has 2 aromatic heterocycles. The molecule has 0 saturated carbocycles. The van der Waals surface area contributed by atoms with Crippen LogP contribution in [0, 0.1) is 0 Å². The maximum Gasteiger partial charge on any atom is 0.0403 e. The lowest BCUT2D eigenvalue weighted by atomic mass is 10.1. The monoisotopic (exact) mass is 466 g/mol. The lowest BCUT2D eigenvalue weighted by Gasteiger charge is -2.02. The Morgan fingerprint density at radius 2 is 0.735 bits per heavy atom. The highest BCUT2D eigenvalue weighted by molar-refractivity contribution is 5.03. The summed E-state index contributed by atoms with van der Waals surface area (Å²) in [7, 11) is 0. The third-order valence-electron chi connectivity index (χ3n) is 6.53. The van der Waals surface area contributed by atoms with Crippen molar-refractivity contribution in [2.24, 2.45) is 0 Å². The minimum atomic E-state index is 1.15. The standard InChI is InChI=1S/2C16H27N/c2*1-2-3-4-5-6-7-8-9-10-13-16-14-11-12-15-17-16/h2*11-12,14-15H,2-10,13H2,1H3. The van der Waals surface area contributed by atoms with Crippen molar-refractivity contribution in [3.05, 3.63) is 60.2 Å². The molecule has 2 rings (SSSR count). The molecule has 192 valence electrons. The maximum atomic E-state index is 4.35. The average Bonchev–Trinajstić information content (AvgIpc) is 2.88. The molecule has 34 heavy (non-hydrogen) atoms. The van der Waals surface area contributed by atoms with E-state index in [0.717, 1.165) is 12.8 Å². The molecule has 0 atom stereocenters. The van der Waals surface area contributed by atoms with Crippen LogP contribution in [0.5, 0.6) is 0 Å². The first kappa shape index (κ1) is 30.3. The van der Waals surface area contributed by atoms with Gasteiger partial charge in [0.1, 0.15) is 0 Å². The van der Waals surface area contributed by atoms with Crippen LogP contribution < -0.4 is 0 Å². The highest BCUT2D eigenvalue weighted by Crippen LogP contribution is 2.12. The van der Waals surface area contributed by atoms with E-state index in [2.05, 4.69) is 48.1 Å². The van der Waals surface area contributed by atoms with Crippen LogP contribution in [-0.4, -0.2) is 9.97 Å². The molecule has 0 spiro atoms. The predicted octanol–water partition coefficient (Wildman–Crippen LogP) is 10.3. The Hall–Kier alpha value is -1.70. The molecule has 0 saturated heterocycles. The highest BCUT2D eigenvalue weighted by atomic mass is 14.7. The van der Waals surface area contributed by atoms with Gasteiger partial charge in [0.2, 0.25) is 0 Å². The van der Waals surface area contributed by atoms with Gasteiger partial charge in [-0.05, 0) is 49.9 Å². The zero-order chi connectivity index (χ0) is 24.4. The van der Waals surface area contributed by atoms with Gasteiger partial charge in [-0.15, -0.1) is 0 Å². The quantitative estimate of drug-likeness (QED) is 0.181. The molecule has 2 nitrogen and oxygen atoms in total. The van der Waals surface area contributed by atoms with Gasteiger partial charge >= 0.3 is 0 Å². The van der Waals surface area contributed by atoms with E-state index in [1.165, 1.54) is 127 Å². The molecule has 0 aliphatic rings. The lowest BCUT2D eigenvalue weighted by molar-refractivity contribution is 0.563. The number of hydrogen-bond donors (Lipinski definition) is 0. The summed E-state index contributed by atoms with van der Waals surface area (Å²) in [4.78, 5) is 8.69. The topological polar surface area (TPSA) is 25.8 Å². The van der Waals surface area contributed by atoms with Crippen LogP contribution in [0.1, 0.15) is 141 Å². The van der Waals surface area contributed by atoms with Crippen LogP contribution in [0.15, 0.2) is 48.8 Å². The van der Waals surface area contributed by atoms with Crippen molar-refractivity contribution in [1.29, 1.82) is 0 Å². The van der Waals surface area contributed by atoms with E-state index in [4.69, 9.17) is 0 Å². The van der Waals surface area contributed by atoms with E-state index in [-0.39, 0.29) is 0 Å². The van der Waals surface area contributed by atoms with Crippen LogP contribution in [0.4, 0.5) is 0 Å². The molecule has 0 aliphatic heterocycles. The smallest absolute Gasteiger partial charge is 0.0403 e. The van der Waals surface area contributed by atoms with E-state index in [9.17, 15) is 0 Å². The Morgan fingerprint density at radius 3 is 1.03 bits per heavy atom. The van der Waals surface area contributed by atoms with Gasteiger partial charge in [0.15, 0.2) is 0 Å². The SMILES string of the molecule is CCCCCCCCCCCc1ccccn1.CCCCCCCCCCCc1ccccn1. The Kier molecular flexibility index (Phi) is 21.8. The molecule has 2 heterocycles. The second kappa shape index (κ2) is 24.4. The van der Waals surface area contributed by atoms with Crippen molar-refractivity contribution in [1.82, 2.24) is 9.97 Å². The zero-order valence-electron chi connectivity index (χ0n) is 22.7. The van der Waals surface area contributed by atoms with Crippen molar-refractivity contribution in [3.63, 3.8) is 0 Å². The zero-order valence-corrected chi connectivity index (χ0v) is 22.7. The van der Waals surface area contributed by atoms with Gasteiger partial charge < -0.3 is 0 Å². The molecular formula is C32H54N2. The lowest BCUT2D eigenvalue weighted by Crippen LogP contribution is -1.89. The molecule has 2 heteroatoms. The van der Waals surface area contributed by atoms with E-state index in [1.807, 2.05) is 24.5 Å². The average molecular weight is 467 g/mol. The van der Waals surface area contributed by atoms with Gasteiger partial charge in [-0.2, -0.15) is 0 Å². The van der Waals surface area contributed by atoms with Crippen molar-refractivity contribution in [3.8, 4) is 0 Å². The largest absolute Gasteiger partial charge is 0.261 e. The van der Waals surface area contributed by atoms with E-state index >= 15 is 0 Å². The van der Waals surface area contributed by atoms with Gasteiger partial charge in [0.25, 0.3) is 0 Å². The number of aromatic nitrogens is 2. The van der Waals surface area contributed by atoms with E-state index in [0.29, 0.717) is 0 Å². The summed E-state index contributed by atoms with van der Waals surface area (Å²) in [6.07, 6.45) is 31.2. The summed E-state index contributed by atoms with van der Waals surface area (Å²) < 4.78 is 0. The van der Waals surface area contributed by atoms with Gasteiger partial charge in [-0.25, -0.2) is 0 Å². The number of nitrogens with zero attached hydrogens (tertiary/aromatic N) is 2. The molecular weight excluding hydrogens is 412 g/mol. The number of pyridine rings is 2. The van der Waals surface area contributed by atoms with Gasteiger partial charge in [0, 0.05) is 23.8 Å². The molecule has 0 aliphatic carbocycles. The third kappa shape index (κ3) is 19.7. The maximum absolute atomic E-state index is 4.35. The van der Waals surface area contributed by atoms with Crippen LogP contribution in [-0.2, 0) is 12.8 Å². The Balaban J connectivity index is 0.000000340. The first-order valence-electron chi connectivity index (χ1n) is 14.7. The highest BCUT2D eigenvalue weighted by Gasteiger charge is 1.96. The molecule has 0 bridgehead atoms. The van der Waals surface area contributed by atoms with Crippen LogP contribution >= 0.6 is 0 Å². The third-order valence-corrected chi connectivity index (χ3v) is 6.53. The number of hydrogen-bond acceptors (Lipinski definition) is 2.